The van der Waals surface area contributed by atoms with Crippen molar-refractivity contribution in [3.05, 3.63) is 47.7 Å². The highest BCUT2D eigenvalue weighted by Crippen LogP contribution is 2.40. The molecule has 1 heterocycles. The van der Waals surface area contributed by atoms with Crippen molar-refractivity contribution in [2.45, 2.75) is 23.9 Å². The number of nitrogens with zero attached hydrogens (tertiary/aromatic N) is 1. The Hall–Kier alpha value is -1.89. The van der Waals surface area contributed by atoms with Crippen molar-refractivity contribution in [2.75, 3.05) is 12.4 Å². The van der Waals surface area contributed by atoms with E-state index in [1.807, 2.05) is 13.0 Å². The van der Waals surface area contributed by atoms with Crippen LogP contribution in [0.5, 0.6) is 5.88 Å². The number of aromatic nitrogens is 1. The Morgan fingerprint density at radius 1 is 1.23 bits per heavy atom. The van der Waals surface area contributed by atoms with E-state index >= 15 is 0 Å². The van der Waals surface area contributed by atoms with Gasteiger partial charge >= 0.3 is 5.51 Å². The molecular formula is C15H15F3N2OS. The summed E-state index contributed by atoms with van der Waals surface area (Å²) in [4.78, 5) is 4.20. The molecule has 0 unspecified atom stereocenters. The number of halogens is 3. The van der Waals surface area contributed by atoms with E-state index in [0.29, 0.717) is 17.1 Å². The van der Waals surface area contributed by atoms with Crippen molar-refractivity contribution in [1.29, 1.82) is 0 Å². The van der Waals surface area contributed by atoms with Crippen molar-refractivity contribution < 1.29 is 17.9 Å². The smallest absolute Gasteiger partial charge is 0.446 e. The lowest BCUT2D eigenvalue weighted by atomic mass is 10.2. The highest BCUT2D eigenvalue weighted by molar-refractivity contribution is 8.00. The fourth-order valence-corrected chi connectivity index (χ4v) is 2.62. The molecule has 118 valence electrons. The predicted octanol–water partition coefficient (Wildman–Crippen LogP) is 4.62. The van der Waals surface area contributed by atoms with Crippen LogP contribution in [0.4, 0.5) is 18.9 Å². The largest absolute Gasteiger partial charge is 0.472 e. The Bertz CT molecular complexity index is 647. The van der Waals surface area contributed by atoms with Crippen molar-refractivity contribution >= 4 is 17.4 Å². The quantitative estimate of drug-likeness (QED) is 0.812. The first-order valence-corrected chi connectivity index (χ1v) is 7.32. The molecule has 0 radical (unpaired) electrons. The molecule has 0 spiro atoms. The van der Waals surface area contributed by atoms with Crippen LogP contribution in [0.25, 0.3) is 0 Å². The third kappa shape index (κ3) is 4.30. The number of nitrogens with one attached hydrogen (secondary N) is 1. The van der Waals surface area contributed by atoms with Gasteiger partial charge in [-0.2, -0.15) is 13.2 Å². The Balaban J connectivity index is 2.26. The molecular weight excluding hydrogens is 313 g/mol. The van der Waals surface area contributed by atoms with Gasteiger partial charge in [0, 0.05) is 35.0 Å². The van der Waals surface area contributed by atoms with Gasteiger partial charge in [-0.05, 0) is 36.9 Å². The van der Waals surface area contributed by atoms with Crippen LogP contribution in [-0.4, -0.2) is 17.5 Å². The lowest BCUT2D eigenvalue weighted by Gasteiger charge is -2.16. The fraction of sp³-hybridized carbons (Fsp3) is 0.267. The molecule has 0 aliphatic carbocycles. The maximum Gasteiger partial charge on any atom is 0.446 e. The molecule has 1 aromatic heterocycles. The molecule has 0 bridgehead atoms. The zero-order valence-corrected chi connectivity index (χ0v) is 12.9. The monoisotopic (exact) mass is 328 g/mol. The van der Waals surface area contributed by atoms with Gasteiger partial charge < -0.3 is 10.1 Å². The van der Waals surface area contributed by atoms with Gasteiger partial charge in [0.1, 0.15) is 6.61 Å². The maximum atomic E-state index is 12.7. The highest BCUT2D eigenvalue weighted by Gasteiger charge is 2.31. The maximum absolute atomic E-state index is 12.7. The van der Waals surface area contributed by atoms with E-state index in [2.05, 4.69) is 10.3 Å². The summed E-state index contributed by atoms with van der Waals surface area (Å²) in [5.41, 5.74) is -2.46. The number of alkyl halides is 3. The standard InChI is InChI=1S/C15H15F3N2OS/c1-10-5-4-8-20-14(10)21-9-11-12(19-2)6-3-7-13(11)22-15(16,17)18/h3-8,19H,9H2,1-2H3. The average molecular weight is 328 g/mol. The van der Waals surface area contributed by atoms with Gasteiger partial charge in [-0.3, -0.25) is 0 Å². The van der Waals surface area contributed by atoms with Crippen molar-refractivity contribution in [2.24, 2.45) is 0 Å². The fourth-order valence-electron chi connectivity index (χ4n) is 1.93. The Kier molecular flexibility index (Phi) is 5.18. The van der Waals surface area contributed by atoms with Crippen molar-refractivity contribution in [3.8, 4) is 5.88 Å². The zero-order valence-electron chi connectivity index (χ0n) is 12.1. The van der Waals surface area contributed by atoms with E-state index < -0.39 is 5.51 Å². The molecule has 0 saturated carbocycles. The minimum atomic E-state index is -4.35. The normalized spacial score (nSPS) is 11.3. The molecule has 3 nitrogen and oxygen atoms in total. The van der Waals surface area contributed by atoms with Gasteiger partial charge in [0.05, 0.1) is 0 Å². The number of pyridine rings is 1. The molecule has 0 atom stereocenters. The van der Waals surface area contributed by atoms with E-state index in [1.54, 1.807) is 31.4 Å². The number of hydrogen-bond donors (Lipinski definition) is 1. The Labute approximate surface area is 130 Å². The Morgan fingerprint density at radius 2 is 2.00 bits per heavy atom. The average Bonchev–Trinajstić information content (AvgIpc) is 2.45. The van der Waals surface area contributed by atoms with E-state index in [-0.39, 0.29) is 23.3 Å². The van der Waals surface area contributed by atoms with Crippen molar-refractivity contribution in [1.82, 2.24) is 4.98 Å². The van der Waals surface area contributed by atoms with Crippen LogP contribution in [0.1, 0.15) is 11.1 Å². The zero-order chi connectivity index (χ0) is 16.2. The second-order valence-corrected chi connectivity index (χ2v) is 5.60. The van der Waals surface area contributed by atoms with E-state index in [0.717, 1.165) is 5.56 Å². The molecule has 1 N–H and O–H groups in total. The summed E-state index contributed by atoms with van der Waals surface area (Å²) >= 11 is -0.144. The SMILES string of the molecule is CNc1cccc(SC(F)(F)F)c1COc1ncccc1C. The number of aryl methyl sites for hydroxylation is 1. The number of anilines is 1. The summed E-state index contributed by atoms with van der Waals surface area (Å²) in [6.45, 7) is 1.84. The van der Waals surface area contributed by atoms with Gasteiger partial charge in [0.15, 0.2) is 0 Å². The summed E-state index contributed by atoms with van der Waals surface area (Å²) in [7, 11) is 1.66. The number of hydrogen-bond acceptors (Lipinski definition) is 4. The van der Waals surface area contributed by atoms with Crippen molar-refractivity contribution in [3.63, 3.8) is 0 Å². The minimum Gasteiger partial charge on any atom is -0.472 e. The number of thioether (sulfide) groups is 1. The molecule has 0 amide bonds. The highest BCUT2D eigenvalue weighted by atomic mass is 32.2. The van der Waals surface area contributed by atoms with Gasteiger partial charge in [0.2, 0.25) is 5.88 Å². The second kappa shape index (κ2) is 6.91. The number of ether oxygens (including phenoxy) is 1. The predicted molar refractivity (Wildman–Crippen MR) is 81.2 cm³/mol. The Morgan fingerprint density at radius 3 is 2.64 bits per heavy atom. The summed E-state index contributed by atoms with van der Waals surface area (Å²) in [5, 5.41) is 2.89. The first-order chi connectivity index (χ1) is 10.4. The van der Waals surface area contributed by atoms with Crippen LogP contribution in [0, 0.1) is 6.92 Å². The van der Waals surface area contributed by atoms with E-state index in [4.69, 9.17) is 4.74 Å². The summed E-state index contributed by atoms with van der Waals surface area (Å²) in [5.74, 6) is 0.413. The number of rotatable bonds is 5. The topological polar surface area (TPSA) is 34.1 Å². The first-order valence-electron chi connectivity index (χ1n) is 6.50. The second-order valence-electron chi connectivity index (χ2n) is 4.49. The third-order valence-corrected chi connectivity index (χ3v) is 3.78. The lowest BCUT2D eigenvalue weighted by Crippen LogP contribution is -2.07. The molecule has 0 aliphatic heterocycles. The summed E-state index contributed by atoms with van der Waals surface area (Å²) < 4.78 is 43.6. The van der Waals surface area contributed by atoms with Crippen LogP contribution < -0.4 is 10.1 Å². The molecule has 7 heteroatoms. The van der Waals surface area contributed by atoms with Gasteiger partial charge in [-0.25, -0.2) is 4.98 Å². The molecule has 2 rings (SSSR count). The van der Waals surface area contributed by atoms with Gasteiger partial charge in [-0.1, -0.05) is 12.1 Å². The van der Waals surface area contributed by atoms with Crippen LogP contribution >= 0.6 is 11.8 Å². The van der Waals surface area contributed by atoms with E-state index in [1.165, 1.54) is 6.07 Å². The van der Waals surface area contributed by atoms with Gasteiger partial charge in [0.25, 0.3) is 0 Å². The first kappa shape index (κ1) is 16.5. The third-order valence-electron chi connectivity index (χ3n) is 2.94. The number of benzene rings is 1. The molecule has 0 saturated heterocycles. The van der Waals surface area contributed by atoms with Gasteiger partial charge in [-0.15, -0.1) is 0 Å². The minimum absolute atomic E-state index is 0.00722. The van der Waals surface area contributed by atoms with Crippen LogP contribution in [0.15, 0.2) is 41.4 Å². The summed E-state index contributed by atoms with van der Waals surface area (Å²) in [6, 6.07) is 8.33. The molecule has 2 aromatic rings. The molecule has 22 heavy (non-hydrogen) atoms. The van der Waals surface area contributed by atoms with E-state index in [9.17, 15) is 13.2 Å². The lowest BCUT2D eigenvalue weighted by molar-refractivity contribution is -0.0328. The van der Waals surface area contributed by atoms with Crippen LogP contribution in [-0.2, 0) is 6.61 Å². The molecule has 0 fully saturated rings. The van der Waals surface area contributed by atoms with Crippen LogP contribution in [0.2, 0.25) is 0 Å². The van der Waals surface area contributed by atoms with Crippen LogP contribution in [0.3, 0.4) is 0 Å². The molecule has 1 aromatic carbocycles. The molecule has 0 aliphatic rings. The summed E-state index contributed by atoms with van der Waals surface area (Å²) in [6.07, 6.45) is 1.58.